The first-order chi connectivity index (χ1) is 9.49. The quantitative estimate of drug-likeness (QED) is 0.915. The molecule has 1 amide bonds. The Bertz CT molecular complexity index is 560. The maximum absolute atomic E-state index is 12.1. The molecule has 2 rings (SSSR count). The van der Waals surface area contributed by atoms with Gasteiger partial charge in [0.05, 0.1) is 11.7 Å². The van der Waals surface area contributed by atoms with E-state index in [2.05, 4.69) is 15.5 Å². The molecule has 0 aromatic carbocycles. The second kappa shape index (κ2) is 6.15. The Hall–Kier alpha value is -1.73. The summed E-state index contributed by atoms with van der Waals surface area (Å²) in [6, 6.07) is -0.271. The number of nitrogens with one attached hydrogen (secondary N) is 1. The molecule has 108 valence electrons. The Balaban J connectivity index is 1.98. The van der Waals surface area contributed by atoms with Crippen molar-refractivity contribution in [3.05, 3.63) is 28.6 Å². The largest absolute Gasteiger partial charge is 0.361 e. The van der Waals surface area contributed by atoms with Crippen molar-refractivity contribution in [2.75, 3.05) is 12.4 Å². The van der Waals surface area contributed by atoms with Gasteiger partial charge in [0.25, 0.3) is 0 Å². The van der Waals surface area contributed by atoms with E-state index in [1.807, 2.05) is 38.1 Å². The lowest BCUT2D eigenvalue weighted by Crippen LogP contribution is -2.39. The average molecular weight is 294 g/mol. The molecule has 1 atom stereocenters. The number of anilines is 1. The van der Waals surface area contributed by atoms with E-state index < -0.39 is 0 Å². The van der Waals surface area contributed by atoms with Crippen LogP contribution in [0.15, 0.2) is 16.1 Å². The standard InChI is InChI=1S/C13H18N4O2S/c1-8-11(10(3)19-16-8)7-17(4)9(2)12(18)15-13-14-5-6-20-13/h5-6,9H,7H2,1-4H3,(H,14,15,18). The molecule has 0 saturated heterocycles. The predicted molar refractivity (Wildman–Crippen MR) is 77.6 cm³/mol. The molecule has 1 N–H and O–H groups in total. The summed E-state index contributed by atoms with van der Waals surface area (Å²) in [5.41, 5.74) is 1.89. The summed E-state index contributed by atoms with van der Waals surface area (Å²) in [4.78, 5) is 18.1. The molecule has 7 heteroatoms. The highest BCUT2D eigenvalue weighted by molar-refractivity contribution is 7.13. The smallest absolute Gasteiger partial charge is 0.243 e. The van der Waals surface area contributed by atoms with Crippen molar-refractivity contribution in [1.82, 2.24) is 15.0 Å². The summed E-state index contributed by atoms with van der Waals surface area (Å²) in [5, 5.41) is 9.17. The molecule has 0 aliphatic rings. The molecule has 2 aromatic heterocycles. The molecule has 20 heavy (non-hydrogen) atoms. The molecule has 1 unspecified atom stereocenters. The van der Waals surface area contributed by atoms with E-state index in [1.165, 1.54) is 11.3 Å². The van der Waals surface area contributed by atoms with Gasteiger partial charge in [-0.05, 0) is 27.8 Å². The molecule has 6 nitrogen and oxygen atoms in total. The number of thiazole rings is 1. The molecule has 0 spiro atoms. The number of aromatic nitrogens is 2. The van der Waals surface area contributed by atoms with Gasteiger partial charge in [0.1, 0.15) is 5.76 Å². The lowest BCUT2D eigenvalue weighted by Gasteiger charge is -2.23. The van der Waals surface area contributed by atoms with Crippen LogP contribution in [0.1, 0.15) is 23.9 Å². The SMILES string of the molecule is Cc1noc(C)c1CN(C)C(C)C(=O)Nc1nccs1. The lowest BCUT2D eigenvalue weighted by atomic mass is 10.1. The predicted octanol–water partition coefficient (Wildman–Crippen LogP) is 2.21. The molecular formula is C13H18N4O2S. The van der Waals surface area contributed by atoms with Crippen molar-refractivity contribution in [2.45, 2.75) is 33.4 Å². The van der Waals surface area contributed by atoms with E-state index in [0.717, 1.165) is 17.0 Å². The lowest BCUT2D eigenvalue weighted by molar-refractivity contribution is -0.120. The van der Waals surface area contributed by atoms with Crippen molar-refractivity contribution < 1.29 is 9.32 Å². The normalized spacial score (nSPS) is 12.7. The molecular weight excluding hydrogens is 276 g/mol. The molecule has 0 fully saturated rings. The van der Waals surface area contributed by atoms with Crippen LogP contribution in [0.4, 0.5) is 5.13 Å². The number of amides is 1. The molecule has 2 aromatic rings. The zero-order chi connectivity index (χ0) is 14.7. The maximum Gasteiger partial charge on any atom is 0.243 e. The van der Waals surface area contributed by atoms with Gasteiger partial charge in [-0.2, -0.15) is 0 Å². The third-order valence-corrected chi connectivity index (χ3v) is 3.98. The zero-order valence-corrected chi connectivity index (χ0v) is 12.8. The molecule has 0 bridgehead atoms. The molecule has 0 aliphatic heterocycles. The number of hydrogen-bond donors (Lipinski definition) is 1. The monoisotopic (exact) mass is 294 g/mol. The van der Waals surface area contributed by atoms with E-state index in [4.69, 9.17) is 4.52 Å². The number of aryl methyl sites for hydroxylation is 2. The highest BCUT2D eigenvalue weighted by atomic mass is 32.1. The van der Waals surface area contributed by atoms with Crippen molar-refractivity contribution in [3.63, 3.8) is 0 Å². The van der Waals surface area contributed by atoms with Crippen LogP contribution in [0.3, 0.4) is 0 Å². The fraction of sp³-hybridized carbons (Fsp3) is 0.462. The van der Waals surface area contributed by atoms with Gasteiger partial charge < -0.3 is 9.84 Å². The summed E-state index contributed by atoms with van der Waals surface area (Å²) in [5.74, 6) is 0.719. The van der Waals surface area contributed by atoms with Crippen molar-refractivity contribution >= 4 is 22.4 Å². The van der Waals surface area contributed by atoms with Crippen LogP contribution in [-0.2, 0) is 11.3 Å². The number of nitrogens with zero attached hydrogens (tertiary/aromatic N) is 3. The van der Waals surface area contributed by atoms with E-state index in [0.29, 0.717) is 11.7 Å². The van der Waals surface area contributed by atoms with Crippen LogP contribution in [0.2, 0.25) is 0 Å². The fourth-order valence-electron chi connectivity index (χ4n) is 1.81. The number of hydrogen-bond acceptors (Lipinski definition) is 6. The highest BCUT2D eigenvalue weighted by Gasteiger charge is 2.21. The minimum atomic E-state index is -0.271. The summed E-state index contributed by atoms with van der Waals surface area (Å²) in [6.07, 6.45) is 1.67. The first-order valence-electron chi connectivity index (χ1n) is 6.31. The Morgan fingerprint density at radius 1 is 1.55 bits per heavy atom. The van der Waals surface area contributed by atoms with Gasteiger partial charge in [0.15, 0.2) is 5.13 Å². The van der Waals surface area contributed by atoms with E-state index >= 15 is 0 Å². The number of carbonyl (C=O) groups is 1. The Morgan fingerprint density at radius 2 is 2.30 bits per heavy atom. The Kier molecular flexibility index (Phi) is 4.51. The summed E-state index contributed by atoms with van der Waals surface area (Å²) in [6.45, 7) is 6.26. The van der Waals surface area contributed by atoms with Crippen LogP contribution < -0.4 is 5.32 Å². The van der Waals surface area contributed by atoms with Crippen LogP contribution in [0.5, 0.6) is 0 Å². The third kappa shape index (κ3) is 3.23. The van der Waals surface area contributed by atoms with Crippen LogP contribution in [0, 0.1) is 13.8 Å². The first kappa shape index (κ1) is 14.7. The number of rotatable bonds is 5. The van der Waals surface area contributed by atoms with Crippen molar-refractivity contribution in [3.8, 4) is 0 Å². The third-order valence-electron chi connectivity index (χ3n) is 3.29. The molecule has 0 saturated carbocycles. The number of likely N-dealkylation sites (N-methyl/N-ethyl adjacent to an activating group) is 1. The second-order valence-electron chi connectivity index (χ2n) is 4.72. The van der Waals surface area contributed by atoms with Gasteiger partial charge >= 0.3 is 0 Å². The van der Waals surface area contributed by atoms with Gasteiger partial charge in [0.2, 0.25) is 5.91 Å². The fourth-order valence-corrected chi connectivity index (χ4v) is 2.34. The van der Waals surface area contributed by atoms with Crippen LogP contribution in [0.25, 0.3) is 0 Å². The molecule has 0 aliphatic carbocycles. The second-order valence-corrected chi connectivity index (χ2v) is 5.61. The summed E-state index contributed by atoms with van der Waals surface area (Å²) >= 11 is 1.40. The zero-order valence-electron chi connectivity index (χ0n) is 12.0. The Morgan fingerprint density at radius 3 is 2.85 bits per heavy atom. The molecule has 2 heterocycles. The average Bonchev–Trinajstić information content (AvgIpc) is 3.02. The van der Waals surface area contributed by atoms with Gasteiger partial charge in [-0.15, -0.1) is 11.3 Å². The van der Waals surface area contributed by atoms with Gasteiger partial charge in [-0.25, -0.2) is 4.98 Å². The van der Waals surface area contributed by atoms with Gasteiger partial charge in [0, 0.05) is 23.7 Å². The van der Waals surface area contributed by atoms with Crippen molar-refractivity contribution in [1.29, 1.82) is 0 Å². The van der Waals surface area contributed by atoms with E-state index in [-0.39, 0.29) is 11.9 Å². The van der Waals surface area contributed by atoms with Gasteiger partial charge in [-0.3, -0.25) is 9.69 Å². The minimum Gasteiger partial charge on any atom is -0.361 e. The number of carbonyl (C=O) groups excluding carboxylic acids is 1. The molecule has 0 radical (unpaired) electrons. The highest BCUT2D eigenvalue weighted by Crippen LogP contribution is 2.16. The van der Waals surface area contributed by atoms with Crippen LogP contribution >= 0.6 is 11.3 Å². The van der Waals surface area contributed by atoms with E-state index in [1.54, 1.807) is 6.20 Å². The summed E-state index contributed by atoms with van der Waals surface area (Å²) in [7, 11) is 1.90. The van der Waals surface area contributed by atoms with Crippen LogP contribution in [-0.4, -0.2) is 34.0 Å². The van der Waals surface area contributed by atoms with E-state index in [9.17, 15) is 4.79 Å². The Labute approximate surface area is 121 Å². The first-order valence-corrected chi connectivity index (χ1v) is 7.19. The van der Waals surface area contributed by atoms with Gasteiger partial charge in [-0.1, -0.05) is 5.16 Å². The minimum absolute atomic E-state index is 0.0748. The van der Waals surface area contributed by atoms with Crippen molar-refractivity contribution in [2.24, 2.45) is 0 Å². The maximum atomic E-state index is 12.1. The summed E-state index contributed by atoms with van der Waals surface area (Å²) < 4.78 is 5.14. The topological polar surface area (TPSA) is 71.3 Å².